The summed E-state index contributed by atoms with van der Waals surface area (Å²) in [5, 5.41) is 3.50. The maximum atomic E-state index is 5.72. The van der Waals surface area contributed by atoms with Gasteiger partial charge in [-0.3, -0.25) is 4.90 Å². The molecule has 2 aromatic rings. The predicted molar refractivity (Wildman–Crippen MR) is 90.1 cm³/mol. The van der Waals surface area contributed by atoms with Gasteiger partial charge in [-0.2, -0.15) is 0 Å². The monoisotopic (exact) mass is 346 g/mol. The Kier molecular flexibility index (Phi) is 4.41. The minimum absolute atomic E-state index is 0.432. The highest BCUT2D eigenvalue weighted by molar-refractivity contribution is 9.10. The van der Waals surface area contributed by atoms with Crippen LogP contribution in [-0.4, -0.2) is 29.0 Å². The van der Waals surface area contributed by atoms with Crippen molar-refractivity contribution in [1.29, 1.82) is 0 Å². The van der Waals surface area contributed by atoms with Gasteiger partial charge < -0.3 is 11.1 Å². The number of benzene rings is 1. The summed E-state index contributed by atoms with van der Waals surface area (Å²) in [6.45, 7) is 3.15. The van der Waals surface area contributed by atoms with Crippen LogP contribution in [-0.2, 0) is 6.54 Å². The number of likely N-dealkylation sites (tertiary alicyclic amines) is 1. The molecule has 4 nitrogen and oxygen atoms in total. The fourth-order valence-corrected chi connectivity index (χ4v) is 3.17. The average Bonchev–Trinajstić information content (AvgIpc) is 2.90. The maximum Gasteiger partial charge on any atom is 0.140 e. The highest BCUT2D eigenvalue weighted by Crippen LogP contribution is 2.24. The molecule has 21 heavy (non-hydrogen) atoms. The molecule has 5 heteroatoms. The number of nitrogen functional groups attached to an aromatic ring is 1. The van der Waals surface area contributed by atoms with E-state index in [1.807, 2.05) is 6.07 Å². The molecule has 1 fully saturated rings. The van der Waals surface area contributed by atoms with Crippen molar-refractivity contribution in [3.05, 3.63) is 52.6 Å². The average molecular weight is 347 g/mol. The third kappa shape index (κ3) is 3.74. The fourth-order valence-electron chi connectivity index (χ4n) is 2.69. The van der Waals surface area contributed by atoms with Gasteiger partial charge in [0.15, 0.2) is 0 Å². The first-order valence-electron chi connectivity index (χ1n) is 7.14. The zero-order valence-electron chi connectivity index (χ0n) is 11.8. The van der Waals surface area contributed by atoms with Crippen LogP contribution in [0.1, 0.15) is 12.0 Å². The van der Waals surface area contributed by atoms with Crippen LogP contribution in [0, 0.1) is 0 Å². The zero-order chi connectivity index (χ0) is 14.7. The van der Waals surface area contributed by atoms with E-state index in [0.717, 1.165) is 36.3 Å². The second kappa shape index (κ2) is 6.45. The van der Waals surface area contributed by atoms with Gasteiger partial charge in [0, 0.05) is 25.7 Å². The summed E-state index contributed by atoms with van der Waals surface area (Å²) in [4.78, 5) is 6.82. The number of rotatable bonds is 4. The van der Waals surface area contributed by atoms with E-state index in [9.17, 15) is 0 Å². The Balaban J connectivity index is 1.57. The van der Waals surface area contributed by atoms with Crippen LogP contribution in [0.25, 0.3) is 0 Å². The normalized spacial score (nSPS) is 18.8. The second-order valence-electron chi connectivity index (χ2n) is 5.45. The maximum absolute atomic E-state index is 5.72. The molecule has 2 heterocycles. The van der Waals surface area contributed by atoms with Crippen molar-refractivity contribution in [3.8, 4) is 0 Å². The molecule has 0 amide bonds. The SMILES string of the molecule is Nc1cnc(NC2CCN(Cc3ccccc3)C2)c(Br)c1. The number of halogens is 1. The van der Waals surface area contributed by atoms with Crippen molar-refractivity contribution in [2.24, 2.45) is 0 Å². The first-order valence-corrected chi connectivity index (χ1v) is 7.94. The van der Waals surface area contributed by atoms with Crippen LogP contribution in [0.15, 0.2) is 47.1 Å². The summed E-state index contributed by atoms with van der Waals surface area (Å²) in [6, 6.07) is 12.9. The van der Waals surface area contributed by atoms with Gasteiger partial charge in [-0.15, -0.1) is 0 Å². The van der Waals surface area contributed by atoms with Gasteiger partial charge in [0.05, 0.1) is 16.4 Å². The molecule has 1 aromatic heterocycles. The largest absolute Gasteiger partial charge is 0.397 e. The zero-order valence-corrected chi connectivity index (χ0v) is 13.4. The summed E-state index contributed by atoms with van der Waals surface area (Å²) in [5.74, 6) is 0.871. The molecule has 1 unspecified atom stereocenters. The lowest BCUT2D eigenvalue weighted by Crippen LogP contribution is -2.26. The molecular formula is C16H19BrN4. The van der Waals surface area contributed by atoms with Crippen molar-refractivity contribution in [2.75, 3.05) is 24.1 Å². The van der Waals surface area contributed by atoms with E-state index in [1.165, 1.54) is 5.56 Å². The number of nitrogens with zero attached hydrogens (tertiary/aromatic N) is 2. The van der Waals surface area contributed by atoms with E-state index in [1.54, 1.807) is 6.20 Å². The number of hydrogen-bond donors (Lipinski definition) is 2. The third-order valence-electron chi connectivity index (χ3n) is 3.72. The van der Waals surface area contributed by atoms with Gasteiger partial charge in [0.25, 0.3) is 0 Å². The van der Waals surface area contributed by atoms with E-state index in [-0.39, 0.29) is 0 Å². The number of nitrogens with two attached hydrogens (primary N) is 1. The minimum Gasteiger partial charge on any atom is -0.397 e. The molecule has 0 aliphatic carbocycles. The van der Waals surface area contributed by atoms with Gasteiger partial charge in [0.1, 0.15) is 5.82 Å². The van der Waals surface area contributed by atoms with Crippen LogP contribution in [0.4, 0.5) is 11.5 Å². The Morgan fingerprint density at radius 1 is 1.33 bits per heavy atom. The highest BCUT2D eigenvalue weighted by Gasteiger charge is 2.23. The molecular weight excluding hydrogens is 328 g/mol. The van der Waals surface area contributed by atoms with Crippen LogP contribution < -0.4 is 11.1 Å². The Labute approximate surface area is 133 Å². The smallest absolute Gasteiger partial charge is 0.140 e. The van der Waals surface area contributed by atoms with E-state index in [4.69, 9.17) is 5.73 Å². The Hall–Kier alpha value is -1.59. The van der Waals surface area contributed by atoms with Crippen molar-refractivity contribution in [1.82, 2.24) is 9.88 Å². The lowest BCUT2D eigenvalue weighted by molar-refractivity contribution is 0.328. The van der Waals surface area contributed by atoms with Crippen LogP contribution in [0.5, 0.6) is 0 Å². The Morgan fingerprint density at radius 3 is 2.90 bits per heavy atom. The number of nitrogens with one attached hydrogen (secondary N) is 1. The molecule has 3 rings (SSSR count). The second-order valence-corrected chi connectivity index (χ2v) is 6.30. The summed E-state index contributed by atoms with van der Waals surface area (Å²) in [5.41, 5.74) is 7.75. The van der Waals surface area contributed by atoms with Gasteiger partial charge in [-0.1, -0.05) is 30.3 Å². The molecule has 0 radical (unpaired) electrons. The molecule has 1 aliphatic heterocycles. The fraction of sp³-hybridized carbons (Fsp3) is 0.312. The van der Waals surface area contributed by atoms with Gasteiger partial charge in [-0.05, 0) is 34.0 Å². The summed E-state index contributed by atoms with van der Waals surface area (Å²) >= 11 is 3.50. The third-order valence-corrected chi connectivity index (χ3v) is 4.33. The molecule has 0 bridgehead atoms. The molecule has 1 atom stereocenters. The van der Waals surface area contributed by atoms with Crippen molar-refractivity contribution in [2.45, 2.75) is 19.0 Å². The first kappa shape index (κ1) is 14.4. The van der Waals surface area contributed by atoms with Crippen molar-refractivity contribution in [3.63, 3.8) is 0 Å². The Morgan fingerprint density at radius 2 is 2.14 bits per heavy atom. The molecule has 110 valence electrons. The first-order chi connectivity index (χ1) is 10.2. The topological polar surface area (TPSA) is 54.2 Å². The van der Waals surface area contributed by atoms with Gasteiger partial charge in [-0.25, -0.2) is 4.98 Å². The van der Waals surface area contributed by atoms with Crippen LogP contribution in [0.2, 0.25) is 0 Å². The van der Waals surface area contributed by atoms with Crippen LogP contribution >= 0.6 is 15.9 Å². The van der Waals surface area contributed by atoms with Gasteiger partial charge >= 0.3 is 0 Å². The quantitative estimate of drug-likeness (QED) is 0.892. The predicted octanol–water partition coefficient (Wildman–Crippen LogP) is 3.11. The van der Waals surface area contributed by atoms with E-state index in [0.29, 0.717) is 11.7 Å². The lowest BCUT2D eigenvalue weighted by atomic mass is 10.2. The molecule has 0 saturated carbocycles. The lowest BCUT2D eigenvalue weighted by Gasteiger charge is -2.17. The number of anilines is 2. The van der Waals surface area contributed by atoms with Crippen molar-refractivity contribution >= 4 is 27.4 Å². The van der Waals surface area contributed by atoms with E-state index in [2.05, 4.69) is 61.5 Å². The van der Waals surface area contributed by atoms with Crippen LogP contribution in [0.3, 0.4) is 0 Å². The standard InChI is InChI=1S/C16H19BrN4/c17-15-8-13(18)9-19-16(15)20-14-6-7-21(11-14)10-12-4-2-1-3-5-12/h1-5,8-9,14H,6-7,10-11,18H2,(H,19,20). The summed E-state index contributed by atoms with van der Waals surface area (Å²) < 4.78 is 0.920. The molecule has 1 saturated heterocycles. The number of aromatic nitrogens is 1. The molecule has 1 aliphatic rings. The molecule has 3 N–H and O–H groups in total. The Bertz CT molecular complexity index is 602. The molecule has 1 aromatic carbocycles. The highest BCUT2D eigenvalue weighted by atomic mass is 79.9. The van der Waals surface area contributed by atoms with E-state index < -0.39 is 0 Å². The van der Waals surface area contributed by atoms with Gasteiger partial charge in [0.2, 0.25) is 0 Å². The number of pyridine rings is 1. The van der Waals surface area contributed by atoms with E-state index >= 15 is 0 Å². The summed E-state index contributed by atoms with van der Waals surface area (Å²) in [7, 11) is 0. The van der Waals surface area contributed by atoms with Crippen molar-refractivity contribution < 1.29 is 0 Å². The summed E-state index contributed by atoms with van der Waals surface area (Å²) in [6.07, 6.45) is 2.81. The molecule has 0 spiro atoms. The number of hydrogen-bond acceptors (Lipinski definition) is 4. The minimum atomic E-state index is 0.432.